The van der Waals surface area contributed by atoms with Crippen LogP contribution in [0.4, 0.5) is 16.2 Å². The summed E-state index contributed by atoms with van der Waals surface area (Å²) in [5.74, 6) is -0.545. The minimum absolute atomic E-state index is 0.0161. The predicted octanol–water partition coefficient (Wildman–Crippen LogP) is 5.76. The van der Waals surface area contributed by atoms with Gasteiger partial charge in [-0.15, -0.1) is 0 Å². The van der Waals surface area contributed by atoms with E-state index in [2.05, 4.69) is 37.2 Å². The third kappa shape index (κ3) is 5.92. The average Bonchev–Trinajstić information content (AvgIpc) is 2.87. The lowest BCUT2D eigenvalue weighted by atomic mass is 10.1. The Morgan fingerprint density at radius 3 is 2.18 bits per heavy atom. The van der Waals surface area contributed by atoms with E-state index in [1.54, 1.807) is 48.5 Å². The van der Waals surface area contributed by atoms with Crippen LogP contribution >= 0.6 is 31.9 Å². The molecular formula is C26H19Br2N3O7. The number of urea groups is 1. The Morgan fingerprint density at radius 1 is 0.974 bits per heavy atom. The molecule has 0 unspecified atom stereocenters. The molecule has 0 saturated carbocycles. The summed E-state index contributed by atoms with van der Waals surface area (Å²) in [4.78, 5) is 49.4. The van der Waals surface area contributed by atoms with E-state index in [0.717, 1.165) is 10.5 Å². The molecular weight excluding hydrogens is 626 g/mol. The molecule has 1 saturated heterocycles. The molecule has 0 radical (unpaired) electrons. The van der Waals surface area contributed by atoms with E-state index in [-0.39, 0.29) is 23.6 Å². The zero-order valence-corrected chi connectivity index (χ0v) is 22.9. The van der Waals surface area contributed by atoms with Crippen LogP contribution in [0.3, 0.4) is 0 Å². The van der Waals surface area contributed by atoms with Crippen LogP contribution < -0.4 is 19.7 Å². The summed E-state index contributed by atoms with van der Waals surface area (Å²) in [5.41, 5.74) is 1.26. The number of rotatable bonds is 8. The maximum Gasteiger partial charge on any atom is 0.335 e. The van der Waals surface area contributed by atoms with Gasteiger partial charge in [0.05, 0.1) is 26.2 Å². The van der Waals surface area contributed by atoms with Crippen LogP contribution in [0.25, 0.3) is 6.08 Å². The van der Waals surface area contributed by atoms with Crippen molar-refractivity contribution in [3.63, 3.8) is 0 Å². The van der Waals surface area contributed by atoms with Crippen LogP contribution in [0.1, 0.15) is 18.1 Å². The topological polar surface area (TPSA) is 128 Å². The van der Waals surface area contributed by atoms with Crippen LogP contribution in [0.15, 0.2) is 75.2 Å². The first-order chi connectivity index (χ1) is 18.2. The van der Waals surface area contributed by atoms with Crippen molar-refractivity contribution in [2.45, 2.75) is 13.5 Å². The number of hydrogen-bond acceptors (Lipinski definition) is 7. The number of imide groups is 2. The molecule has 38 heavy (non-hydrogen) atoms. The Kier molecular flexibility index (Phi) is 8.23. The highest BCUT2D eigenvalue weighted by molar-refractivity contribution is 9.11. The fraction of sp³-hybridized carbons (Fsp3) is 0.115. The largest absolute Gasteiger partial charge is 0.494 e. The average molecular weight is 645 g/mol. The number of amides is 4. The SMILES string of the molecule is CCOc1ccc(N2C(=O)NC(=O)/C(=C\c3cc(Br)c(OCc4ccc([N+](=O)[O-])cc4)c(Br)c3)C2=O)cc1. The summed E-state index contributed by atoms with van der Waals surface area (Å²) in [6.45, 7) is 2.46. The van der Waals surface area contributed by atoms with Crippen molar-refractivity contribution >= 4 is 67.2 Å². The van der Waals surface area contributed by atoms with Crippen LogP contribution in [-0.4, -0.2) is 29.4 Å². The molecule has 1 aliphatic heterocycles. The number of hydrogen-bond donors (Lipinski definition) is 1. The van der Waals surface area contributed by atoms with Crippen molar-refractivity contribution in [2.75, 3.05) is 11.5 Å². The minimum Gasteiger partial charge on any atom is -0.494 e. The van der Waals surface area contributed by atoms with Crippen LogP contribution in [-0.2, 0) is 16.2 Å². The number of halogens is 2. The van der Waals surface area contributed by atoms with Gasteiger partial charge in [0.15, 0.2) is 0 Å². The fourth-order valence-electron chi connectivity index (χ4n) is 3.59. The highest BCUT2D eigenvalue weighted by atomic mass is 79.9. The van der Waals surface area contributed by atoms with Gasteiger partial charge in [-0.2, -0.15) is 0 Å². The van der Waals surface area contributed by atoms with E-state index in [1.165, 1.54) is 18.2 Å². The van der Waals surface area contributed by atoms with Gasteiger partial charge in [-0.3, -0.25) is 25.0 Å². The van der Waals surface area contributed by atoms with Crippen LogP contribution in [0.2, 0.25) is 0 Å². The van der Waals surface area contributed by atoms with Gasteiger partial charge in [0.2, 0.25) is 0 Å². The van der Waals surface area contributed by atoms with E-state index < -0.39 is 22.8 Å². The third-order valence-electron chi connectivity index (χ3n) is 5.37. The summed E-state index contributed by atoms with van der Waals surface area (Å²) in [6.07, 6.45) is 1.38. The van der Waals surface area contributed by atoms with Gasteiger partial charge in [0, 0.05) is 12.1 Å². The zero-order valence-electron chi connectivity index (χ0n) is 19.8. The first-order valence-electron chi connectivity index (χ1n) is 11.2. The van der Waals surface area contributed by atoms with Crippen molar-refractivity contribution in [1.29, 1.82) is 0 Å². The van der Waals surface area contributed by atoms with Gasteiger partial charge < -0.3 is 9.47 Å². The van der Waals surface area contributed by atoms with Crippen molar-refractivity contribution in [2.24, 2.45) is 0 Å². The third-order valence-corrected chi connectivity index (χ3v) is 6.55. The maximum atomic E-state index is 13.2. The molecule has 0 aromatic heterocycles. The van der Waals surface area contributed by atoms with E-state index >= 15 is 0 Å². The number of nitrogens with zero attached hydrogens (tertiary/aromatic N) is 2. The Bertz CT molecular complexity index is 1430. The van der Waals surface area contributed by atoms with Gasteiger partial charge in [-0.25, -0.2) is 9.69 Å². The number of carbonyl (C=O) groups excluding carboxylic acids is 3. The van der Waals surface area contributed by atoms with Gasteiger partial charge in [0.25, 0.3) is 17.5 Å². The predicted molar refractivity (Wildman–Crippen MR) is 146 cm³/mol. The molecule has 3 aromatic carbocycles. The molecule has 12 heteroatoms. The number of carbonyl (C=O) groups is 3. The minimum atomic E-state index is -0.848. The maximum absolute atomic E-state index is 13.2. The Morgan fingerprint density at radius 2 is 1.61 bits per heavy atom. The molecule has 0 atom stereocenters. The van der Waals surface area contributed by atoms with Crippen LogP contribution in [0.5, 0.6) is 11.5 Å². The number of barbiturate groups is 1. The normalized spacial score (nSPS) is 14.4. The van der Waals surface area contributed by atoms with E-state index in [4.69, 9.17) is 9.47 Å². The molecule has 0 spiro atoms. The Labute approximate surface area is 233 Å². The number of nitro benzene ring substituents is 1. The molecule has 4 rings (SSSR count). The molecule has 1 N–H and O–H groups in total. The summed E-state index contributed by atoms with van der Waals surface area (Å²) in [7, 11) is 0. The monoisotopic (exact) mass is 643 g/mol. The summed E-state index contributed by atoms with van der Waals surface area (Å²) < 4.78 is 12.3. The van der Waals surface area contributed by atoms with Gasteiger partial charge in [-0.1, -0.05) is 0 Å². The van der Waals surface area contributed by atoms with E-state index in [9.17, 15) is 24.5 Å². The standard InChI is InChI=1S/C26H19Br2N3O7/c1-2-37-19-9-7-17(8-10-19)30-25(33)20(24(32)29-26(30)34)11-16-12-21(27)23(22(28)13-16)38-14-15-3-5-18(6-4-15)31(35)36/h3-13H,2,14H2,1H3,(H,29,32,34)/b20-11+. The first kappa shape index (κ1) is 27.0. The van der Waals surface area contributed by atoms with Crippen molar-refractivity contribution in [3.8, 4) is 11.5 Å². The van der Waals surface area contributed by atoms with E-state index in [0.29, 0.717) is 32.6 Å². The van der Waals surface area contributed by atoms with Crippen molar-refractivity contribution in [3.05, 3.63) is 96.4 Å². The van der Waals surface area contributed by atoms with Crippen molar-refractivity contribution in [1.82, 2.24) is 5.32 Å². The molecule has 194 valence electrons. The van der Waals surface area contributed by atoms with Gasteiger partial charge in [-0.05, 0) is 105 Å². The van der Waals surface area contributed by atoms with E-state index in [1.807, 2.05) is 6.92 Å². The Balaban J connectivity index is 1.55. The molecule has 1 aliphatic rings. The first-order valence-corrected chi connectivity index (χ1v) is 12.8. The number of benzene rings is 3. The Hall–Kier alpha value is -4.03. The molecule has 0 bridgehead atoms. The number of non-ortho nitro benzene ring substituents is 1. The van der Waals surface area contributed by atoms with Crippen LogP contribution in [0, 0.1) is 10.1 Å². The summed E-state index contributed by atoms with van der Waals surface area (Å²) >= 11 is 6.88. The lowest BCUT2D eigenvalue weighted by Crippen LogP contribution is -2.54. The highest BCUT2D eigenvalue weighted by Crippen LogP contribution is 2.36. The molecule has 4 amide bonds. The quantitative estimate of drug-likeness (QED) is 0.143. The number of nitrogens with one attached hydrogen (secondary N) is 1. The number of ether oxygens (including phenoxy) is 2. The molecule has 0 aliphatic carbocycles. The molecule has 3 aromatic rings. The lowest BCUT2D eigenvalue weighted by molar-refractivity contribution is -0.384. The second kappa shape index (κ2) is 11.6. The second-order valence-corrected chi connectivity index (χ2v) is 9.62. The molecule has 1 fully saturated rings. The fourth-order valence-corrected chi connectivity index (χ4v) is 5.04. The highest BCUT2D eigenvalue weighted by Gasteiger charge is 2.36. The molecule has 10 nitrogen and oxygen atoms in total. The zero-order chi connectivity index (χ0) is 27.4. The van der Waals surface area contributed by atoms with Gasteiger partial charge >= 0.3 is 6.03 Å². The number of nitro groups is 1. The second-order valence-electron chi connectivity index (χ2n) is 7.91. The smallest absolute Gasteiger partial charge is 0.335 e. The number of anilines is 1. The van der Waals surface area contributed by atoms with Gasteiger partial charge in [0.1, 0.15) is 23.7 Å². The summed E-state index contributed by atoms with van der Waals surface area (Å²) in [5, 5.41) is 13.0. The lowest BCUT2D eigenvalue weighted by Gasteiger charge is -2.26. The molecule has 1 heterocycles. The summed E-state index contributed by atoms with van der Waals surface area (Å²) in [6, 6.07) is 14.8. The van der Waals surface area contributed by atoms with Crippen molar-refractivity contribution < 1.29 is 28.8 Å².